The van der Waals surface area contributed by atoms with E-state index in [2.05, 4.69) is 9.72 Å². The molecule has 7 heteroatoms. The molecule has 1 aromatic carbocycles. The van der Waals surface area contributed by atoms with Gasteiger partial charge in [0.25, 0.3) is 0 Å². The van der Waals surface area contributed by atoms with Crippen LogP contribution in [0.2, 0.25) is 0 Å². The van der Waals surface area contributed by atoms with Crippen molar-refractivity contribution in [1.82, 2.24) is 4.98 Å². The van der Waals surface area contributed by atoms with Crippen LogP contribution in [-0.2, 0) is 10.9 Å². The highest BCUT2D eigenvalue weighted by molar-refractivity contribution is 5.92. The van der Waals surface area contributed by atoms with Crippen molar-refractivity contribution >= 4 is 5.97 Å². The lowest BCUT2D eigenvalue weighted by Crippen LogP contribution is -2.15. The lowest BCUT2D eigenvalue weighted by molar-refractivity contribution is -0.138. The van der Waals surface area contributed by atoms with E-state index in [0.717, 1.165) is 30.5 Å². The first kappa shape index (κ1) is 15.9. The summed E-state index contributed by atoms with van der Waals surface area (Å²) in [4.78, 5) is 15.4. The number of ether oxygens (including phenoxy) is 1. The molecule has 0 aliphatic carbocycles. The molecule has 0 aliphatic heterocycles. The number of halogens is 4. The van der Waals surface area contributed by atoms with Crippen LogP contribution in [0.3, 0.4) is 0 Å². The second-order valence-electron chi connectivity index (χ2n) is 4.34. The summed E-state index contributed by atoms with van der Waals surface area (Å²) in [6, 6.07) is 5.13. The minimum absolute atomic E-state index is 0.0384. The summed E-state index contributed by atoms with van der Waals surface area (Å²) in [5.41, 5.74) is -1.63. The van der Waals surface area contributed by atoms with Crippen molar-refractivity contribution < 1.29 is 27.1 Å². The Kier molecular flexibility index (Phi) is 4.44. The number of carbonyl (C=O) groups is 1. The molecular weight excluding hydrogens is 302 g/mol. The van der Waals surface area contributed by atoms with Gasteiger partial charge in [0.05, 0.1) is 23.4 Å². The van der Waals surface area contributed by atoms with Crippen LogP contribution in [0, 0.1) is 5.82 Å². The van der Waals surface area contributed by atoms with Crippen LogP contribution in [-0.4, -0.2) is 17.6 Å². The zero-order valence-electron chi connectivity index (χ0n) is 11.4. The molecule has 22 heavy (non-hydrogen) atoms. The Bertz CT molecular complexity index is 698. The van der Waals surface area contributed by atoms with Crippen molar-refractivity contribution in [2.24, 2.45) is 0 Å². The molecule has 0 atom stereocenters. The van der Waals surface area contributed by atoms with Crippen LogP contribution >= 0.6 is 0 Å². The average Bonchev–Trinajstić information content (AvgIpc) is 2.46. The Morgan fingerprint density at radius 3 is 2.55 bits per heavy atom. The van der Waals surface area contributed by atoms with Crippen LogP contribution in [0.1, 0.15) is 22.8 Å². The lowest BCUT2D eigenvalue weighted by atomic mass is 10.0. The first-order chi connectivity index (χ1) is 10.3. The molecule has 0 radical (unpaired) electrons. The standard InChI is InChI=1S/C15H11F4NO2/c1-2-22-14(21)11-4-3-9(7-12(11)15(17,18)19)13-8-10(16)5-6-20-13/h3-8H,2H2,1H3. The van der Waals surface area contributed by atoms with Gasteiger partial charge in [-0.15, -0.1) is 0 Å². The second kappa shape index (κ2) is 6.13. The first-order valence-electron chi connectivity index (χ1n) is 6.33. The van der Waals surface area contributed by atoms with E-state index < -0.39 is 29.1 Å². The lowest BCUT2D eigenvalue weighted by Gasteiger charge is -2.13. The SMILES string of the molecule is CCOC(=O)c1ccc(-c2cc(F)ccn2)cc1C(F)(F)F. The van der Waals surface area contributed by atoms with Gasteiger partial charge in [-0.05, 0) is 25.1 Å². The largest absolute Gasteiger partial charge is 0.462 e. The summed E-state index contributed by atoms with van der Waals surface area (Å²) in [5, 5.41) is 0. The number of hydrogen-bond acceptors (Lipinski definition) is 3. The molecule has 0 saturated carbocycles. The van der Waals surface area contributed by atoms with Gasteiger partial charge in [0.15, 0.2) is 0 Å². The van der Waals surface area contributed by atoms with E-state index in [1.54, 1.807) is 0 Å². The van der Waals surface area contributed by atoms with Crippen LogP contribution in [0.4, 0.5) is 17.6 Å². The van der Waals surface area contributed by atoms with Crippen LogP contribution in [0.25, 0.3) is 11.3 Å². The highest BCUT2D eigenvalue weighted by Crippen LogP contribution is 2.35. The first-order valence-corrected chi connectivity index (χ1v) is 6.33. The quantitative estimate of drug-likeness (QED) is 0.633. The predicted molar refractivity (Wildman–Crippen MR) is 70.6 cm³/mol. The van der Waals surface area contributed by atoms with E-state index in [4.69, 9.17) is 0 Å². The molecule has 0 spiro atoms. The summed E-state index contributed by atoms with van der Waals surface area (Å²) >= 11 is 0. The van der Waals surface area contributed by atoms with Crippen LogP contribution in [0.5, 0.6) is 0 Å². The Balaban J connectivity index is 2.55. The summed E-state index contributed by atoms with van der Waals surface area (Å²) < 4.78 is 57.1. The summed E-state index contributed by atoms with van der Waals surface area (Å²) in [5.74, 6) is -1.68. The third kappa shape index (κ3) is 3.41. The van der Waals surface area contributed by atoms with Gasteiger partial charge in [-0.25, -0.2) is 9.18 Å². The van der Waals surface area contributed by atoms with E-state index in [-0.39, 0.29) is 17.9 Å². The van der Waals surface area contributed by atoms with Gasteiger partial charge in [0.2, 0.25) is 0 Å². The van der Waals surface area contributed by atoms with Crippen molar-refractivity contribution in [2.75, 3.05) is 6.61 Å². The molecule has 116 valence electrons. The van der Waals surface area contributed by atoms with Crippen molar-refractivity contribution in [2.45, 2.75) is 13.1 Å². The maximum atomic E-state index is 13.2. The maximum Gasteiger partial charge on any atom is 0.417 e. The number of benzene rings is 1. The molecule has 1 heterocycles. The number of hydrogen-bond donors (Lipinski definition) is 0. The zero-order chi connectivity index (χ0) is 16.3. The number of aromatic nitrogens is 1. The molecule has 1 aromatic heterocycles. The molecule has 0 amide bonds. The molecule has 0 aliphatic rings. The fourth-order valence-electron chi connectivity index (χ4n) is 1.89. The van der Waals surface area contributed by atoms with Crippen molar-refractivity contribution in [3.05, 3.63) is 53.5 Å². The number of pyridine rings is 1. The van der Waals surface area contributed by atoms with E-state index in [1.165, 1.54) is 13.0 Å². The smallest absolute Gasteiger partial charge is 0.417 e. The monoisotopic (exact) mass is 313 g/mol. The van der Waals surface area contributed by atoms with E-state index >= 15 is 0 Å². The maximum absolute atomic E-state index is 13.2. The van der Waals surface area contributed by atoms with Crippen molar-refractivity contribution in [1.29, 1.82) is 0 Å². The molecule has 0 N–H and O–H groups in total. The van der Waals surface area contributed by atoms with Gasteiger partial charge in [0.1, 0.15) is 5.82 Å². The molecule has 0 saturated heterocycles. The van der Waals surface area contributed by atoms with E-state index in [1.807, 2.05) is 0 Å². The number of esters is 1. The minimum atomic E-state index is -4.74. The molecule has 2 aromatic rings. The average molecular weight is 313 g/mol. The second-order valence-corrected chi connectivity index (χ2v) is 4.34. The third-order valence-electron chi connectivity index (χ3n) is 2.84. The summed E-state index contributed by atoms with van der Waals surface area (Å²) in [7, 11) is 0. The minimum Gasteiger partial charge on any atom is -0.462 e. The van der Waals surface area contributed by atoms with Gasteiger partial charge in [-0.3, -0.25) is 4.98 Å². The topological polar surface area (TPSA) is 39.2 Å². The molecule has 2 rings (SSSR count). The Morgan fingerprint density at radius 2 is 1.95 bits per heavy atom. The Morgan fingerprint density at radius 1 is 1.23 bits per heavy atom. The summed E-state index contributed by atoms with van der Waals surface area (Å²) in [6.07, 6.45) is -3.59. The Labute approximate surface area is 123 Å². The van der Waals surface area contributed by atoms with Gasteiger partial charge < -0.3 is 4.74 Å². The molecule has 0 fully saturated rings. The van der Waals surface area contributed by atoms with Crippen LogP contribution < -0.4 is 0 Å². The number of rotatable bonds is 3. The zero-order valence-corrected chi connectivity index (χ0v) is 11.4. The number of alkyl halides is 3. The molecular formula is C15H11F4NO2. The summed E-state index contributed by atoms with van der Waals surface area (Å²) in [6.45, 7) is 1.46. The van der Waals surface area contributed by atoms with Crippen molar-refractivity contribution in [3.8, 4) is 11.3 Å². The fourth-order valence-corrected chi connectivity index (χ4v) is 1.89. The number of nitrogens with zero attached hydrogens (tertiary/aromatic N) is 1. The van der Waals surface area contributed by atoms with Gasteiger partial charge >= 0.3 is 12.1 Å². The third-order valence-corrected chi connectivity index (χ3v) is 2.84. The highest BCUT2D eigenvalue weighted by atomic mass is 19.4. The van der Waals surface area contributed by atoms with Gasteiger partial charge in [-0.2, -0.15) is 13.2 Å². The molecule has 3 nitrogen and oxygen atoms in total. The predicted octanol–water partition coefficient (Wildman–Crippen LogP) is 4.08. The van der Waals surface area contributed by atoms with Crippen LogP contribution in [0.15, 0.2) is 36.5 Å². The van der Waals surface area contributed by atoms with Gasteiger partial charge in [0, 0.05) is 17.8 Å². The highest BCUT2D eigenvalue weighted by Gasteiger charge is 2.36. The van der Waals surface area contributed by atoms with Crippen molar-refractivity contribution in [3.63, 3.8) is 0 Å². The molecule has 0 unspecified atom stereocenters. The number of carbonyl (C=O) groups excluding carboxylic acids is 1. The van der Waals surface area contributed by atoms with E-state index in [0.29, 0.717) is 0 Å². The fraction of sp³-hybridized carbons (Fsp3) is 0.200. The van der Waals surface area contributed by atoms with E-state index in [9.17, 15) is 22.4 Å². The molecule has 0 bridgehead atoms. The normalized spacial score (nSPS) is 11.3. The van der Waals surface area contributed by atoms with Gasteiger partial charge in [-0.1, -0.05) is 6.07 Å². The Hall–Kier alpha value is -2.44.